The van der Waals surface area contributed by atoms with Crippen molar-refractivity contribution >= 4 is 43.6 Å². The molecule has 0 bridgehead atoms. The van der Waals surface area contributed by atoms with Crippen molar-refractivity contribution in [3.05, 3.63) is 224 Å². The van der Waals surface area contributed by atoms with Crippen LogP contribution in [0.3, 0.4) is 0 Å². The van der Waals surface area contributed by atoms with Gasteiger partial charge in [0.2, 0.25) is 0 Å². The molecule has 5 heteroatoms. The minimum atomic E-state index is -0.543. The van der Waals surface area contributed by atoms with Gasteiger partial charge >= 0.3 is 347 Å². The van der Waals surface area contributed by atoms with Crippen molar-refractivity contribution in [2.24, 2.45) is 0 Å². The molecule has 1 spiro atoms. The third-order valence-electron chi connectivity index (χ3n) is 12.3. The van der Waals surface area contributed by atoms with Crippen molar-refractivity contribution in [2.45, 2.75) is 5.41 Å². The average Bonchev–Trinajstić information content (AvgIpc) is 3.81. The fourth-order valence-corrected chi connectivity index (χ4v) is 13.2. The summed E-state index contributed by atoms with van der Waals surface area (Å²) in [5.41, 5.74) is 14.0. The normalized spacial score (nSPS) is 15.4. The molecule has 1 unspecified atom stereocenters. The Labute approximate surface area is 345 Å². The minimum absolute atomic E-state index is 0.516. The summed E-state index contributed by atoms with van der Waals surface area (Å²) in [7, 11) is 0. The molecule has 272 valence electrons. The van der Waals surface area contributed by atoms with E-state index in [1.807, 2.05) is 6.07 Å². The number of rotatable bonds is 3. The Bertz CT molecular complexity index is 3430. The number of nitrogens with zero attached hydrogens (tertiary/aromatic N) is 4. The molecule has 4 nitrogen and oxygen atoms in total. The van der Waals surface area contributed by atoms with E-state index in [1.165, 1.54) is 73.2 Å². The maximum atomic E-state index is 5.36. The van der Waals surface area contributed by atoms with Crippen molar-refractivity contribution in [2.75, 3.05) is 0 Å². The number of hydrogen-bond acceptors (Lipinski definition) is 2. The van der Waals surface area contributed by atoms with Gasteiger partial charge in [-0.3, -0.25) is 0 Å². The average molecular weight is 852 g/mol. The summed E-state index contributed by atoms with van der Waals surface area (Å²) >= 11 is -0.543. The molecule has 5 heterocycles. The van der Waals surface area contributed by atoms with Crippen LogP contribution in [-0.2, 0) is 5.41 Å². The Morgan fingerprint density at radius 2 is 1.02 bits per heavy atom. The molecule has 58 heavy (non-hydrogen) atoms. The Morgan fingerprint density at radius 1 is 0.397 bits per heavy atom. The third-order valence-corrected chi connectivity index (χ3v) is 15.3. The Morgan fingerprint density at radius 3 is 1.83 bits per heavy atom. The first-order chi connectivity index (χ1) is 28.8. The molecule has 0 radical (unpaired) electrons. The van der Waals surface area contributed by atoms with Gasteiger partial charge in [-0.15, -0.1) is 0 Å². The first kappa shape index (κ1) is 32.3. The van der Waals surface area contributed by atoms with Crippen LogP contribution in [0.5, 0.6) is 0 Å². The van der Waals surface area contributed by atoms with E-state index in [4.69, 9.17) is 9.97 Å². The molecule has 11 aromatic rings. The van der Waals surface area contributed by atoms with Gasteiger partial charge in [0.15, 0.2) is 0 Å². The number of benzene rings is 8. The molecule has 3 aromatic heterocycles. The van der Waals surface area contributed by atoms with E-state index in [0.717, 1.165) is 28.2 Å². The maximum absolute atomic E-state index is 5.36. The van der Waals surface area contributed by atoms with Gasteiger partial charge in [-0.2, -0.15) is 0 Å². The van der Waals surface area contributed by atoms with Crippen LogP contribution in [0, 0.1) is 7.14 Å². The second-order valence-corrected chi connectivity index (χ2v) is 18.1. The van der Waals surface area contributed by atoms with Crippen LogP contribution >= 0.6 is 0 Å². The van der Waals surface area contributed by atoms with Gasteiger partial charge in [-0.25, -0.2) is 0 Å². The Kier molecular flexibility index (Phi) is 6.73. The van der Waals surface area contributed by atoms with Gasteiger partial charge in [0.25, 0.3) is 0 Å². The van der Waals surface area contributed by atoms with E-state index in [2.05, 4.69) is 197 Å². The quantitative estimate of drug-likeness (QED) is 0.167. The van der Waals surface area contributed by atoms with E-state index in [-0.39, 0.29) is 0 Å². The number of fused-ring (bicyclic) bond motifs is 14. The molecule has 0 aliphatic carbocycles. The van der Waals surface area contributed by atoms with E-state index in [1.54, 1.807) is 0 Å². The molecule has 0 fully saturated rings. The van der Waals surface area contributed by atoms with Crippen LogP contribution in [0.25, 0.3) is 77.8 Å². The van der Waals surface area contributed by atoms with Gasteiger partial charge in [-0.1, -0.05) is 0 Å². The van der Waals surface area contributed by atoms with Crippen LogP contribution in [0.2, 0.25) is 0 Å². The van der Waals surface area contributed by atoms with Crippen molar-refractivity contribution in [1.82, 2.24) is 19.1 Å². The molecule has 0 saturated carbocycles. The molecular formula is C53H32IN4-. The number of hydrogen-bond donors (Lipinski definition) is 0. The SMILES string of the molecule is c1ccc(-c2cc(-n3c4ccccc4c4cc5c(cc43)[I-]c3ccccc3C53c4ccccc4-n4c5ccccc5c5cccc3c54)nc(-c3ccccc3)n2)cc1. The van der Waals surface area contributed by atoms with E-state index in [0.29, 0.717) is 5.82 Å². The first-order valence-electron chi connectivity index (χ1n) is 19.7. The molecule has 2 aliphatic rings. The van der Waals surface area contributed by atoms with Gasteiger partial charge in [0.05, 0.1) is 0 Å². The Hall–Kier alpha value is -6.83. The van der Waals surface area contributed by atoms with Crippen LogP contribution in [0.1, 0.15) is 22.3 Å². The zero-order valence-electron chi connectivity index (χ0n) is 31.1. The monoisotopic (exact) mass is 851 g/mol. The van der Waals surface area contributed by atoms with E-state index in [9.17, 15) is 0 Å². The van der Waals surface area contributed by atoms with E-state index >= 15 is 0 Å². The molecule has 1 atom stereocenters. The van der Waals surface area contributed by atoms with Gasteiger partial charge in [0.1, 0.15) is 0 Å². The van der Waals surface area contributed by atoms with Crippen molar-refractivity contribution in [1.29, 1.82) is 0 Å². The van der Waals surface area contributed by atoms with E-state index < -0.39 is 26.6 Å². The van der Waals surface area contributed by atoms with Crippen LogP contribution in [0.4, 0.5) is 0 Å². The van der Waals surface area contributed by atoms with Crippen LogP contribution in [-0.4, -0.2) is 19.1 Å². The van der Waals surface area contributed by atoms with Crippen LogP contribution < -0.4 is 21.2 Å². The number of halogens is 1. The second kappa shape index (κ2) is 12.1. The number of aromatic nitrogens is 4. The molecule has 0 saturated heterocycles. The summed E-state index contributed by atoms with van der Waals surface area (Å²) in [4.78, 5) is 10.5. The molecule has 2 aliphatic heterocycles. The summed E-state index contributed by atoms with van der Waals surface area (Å²) in [6.45, 7) is 0. The fourth-order valence-electron chi connectivity index (χ4n) is 10.0. The van der Waals surface area contributed by atoms with Gasteiger partial charge in [0, 0.05) is 0 Å². The predicted octanol–water partition coefficient (Wildman–Crippen LogP) is 9.14. The second-order valence-electron chi connectivity index (χ2n) is 15.3. The molecular weight excluding hydrogens is 820 g/mol. The van der Waals surface area contributed by atoms with Gasteiger partial charge < -0.3 is 0 Å². The zero-order chi connectivity index (χ0) is 38.0. The summed E-state index contributed by atoms with van der Waals surface area (Å²) in [5.74, 6) is 1.57. The number of para-hydroxylation sites is 4. The summed E-state index contributed by atoms with van der Waals surface area (Å²) in [6, 6.07) is 71.3. The van der Waals surface area contributed by atoms with Gasteiger partial charge in [-0.05, 0) is 0 Å². The van der Waals surface area contributed by atoms with Crippen LogP contribution in [0.15, 0.2) is 194 Å². The summed E-state index contributed by atoms with van der Waals surface area (Å²) in [6.07, 6.45) is 0. The summed E-state index contributed by atoms with van der Waals surface area (Å²) in [5, 5.41) is 5.03. The fraction of sp³-hybridized carbons (Fsp3) is 0.0189. The predicted molar refractivity (Wildman–Crippen MR) is 231 cm³/mol. The standard InChI is InChI=1S/C53H32IN4/c1-3-16-33(17-4-1)45-32-50(56-52(55-45)34-18-5-2-6-19-34)57-46-27-12-8-21-36(46)38-30-42-44(31-49(38)57)54-43-26-11-9-23-39(43)53(42)40-24-10-14-29-48(40)58-47-28-13-7-20-35(47)37-22-15-25-41(53)51(37)58/h1-32H/q-1. The Balaban J connectivity index is 1.16. The molecule has 8 aromatic carbocycles. The molecule has 13 rings (SSSR count). The molecule has 0 N–H and O–H groups in total. The topological polar surface area (TPSA) is 35.6 Å². The third kappa shape index (κ3) is 4.29. The van der Waals surface area contributed by atoms with Crippen molar-refractivity contribution in [3.8, 4) is 34.2 Å². The summed E-state index contributed by atoms with van der Waals surface area (Å²) < 4.78 is 7.81. The molecule has 0 amide bonds. The van der Waals surface area contributed by atoms with Crippen molar-refractivity contribution < 1.29 is 21.2 Å². The zero-order valence-corrected chi connectivity index (χ0v) is 33.3. The first-order valence-corrected chi connectivity index (χ1v) is 21.9. The van der Waals surface area contributed by atoms with Crippen molar-refractivity contribution in [3.63, 3.8) is 0 Å².